The molecule has 0 saturated carbocycles. The zero-order valence-corrected chi connectivity index (χ0v) is 13.4. The van der Waals surface area contributed by atoms with Crippen molar-refractivity contribution in [2.75, 3.05) is 33.7 Å². The lowest BCUT2D eigenvalue weighted by molar-refractivity contribution is -0.0479. The molecular formula is C15H24N2O2S. The maximum Gasteiger partial charge on any atom is 0.169 e. The summed E-state index contributed by atoms with van der Waals surface area (Å²) in [5.41, 5.74) is 0.565. The number of β-amino-alcohol motifs (C(OH)–C–C–N with tert-alkyl or cyclic N) is 1. The summed E-state index contributed by atoms with van der Waals surface area (Å²) in [6, 6.07) is 1.98. The molecule has 4 nitrogen and oxygen atoms in total. The molecule has 112 valence electrons. The molecule has 0 bridgehead atoms. The van der Waals surface area contributed by atoms with E-state index in [1.165, 1.54) is 16.9 Å². The third kappa shape index (κ3) is 4.12. The number of nitrogens with zero attached hydrogens (tertiary/aromatic N) is 2. The highest BCUT2D eigenvalue weighted by Gasteiger charge is 2.33. The van der Waals surface area contributed by atoms with Gasteiger partial charge in [0.25, 0.3) is 0 Å². The number of aliphatic hydroxyl groups is 1. The van der Waals surface area contributed by atoms with E-state index in [2.05, 4.69) is 10.3 Å². The van der Waals surface area contributed by atoms with Crippen molar-refractivity contribution < 1.29 is 9.90 Å². The molecule has 2 heterocycles. The van der Waals surface area contributed by atoms with Crippen molar-refractivity contribution in [2.24, 2.45) is 0 Å². The Balaban J connectivity index is 1.96. The van der Waals surface area contributed by atoms with Gasteiger partial charge in [0, 0.05) is 19.6 Å². The standard InChI is InChI=1S/C15H24N2O2S/c1-12(18)14-7-13(9-20-14)8-17-6-4-5-15(19,11-17)10-16(2)3/h7,9,19H,4-6,8,10-11H2,1-3H3/t15-/m0/s1. The molecule has 1 atom stereocenters. The van der Waals surface area contributed by atoms with Gasteiger partial charge in [0.05, 0.1) is 10.5 Å². The van der Waals surface area contributed by atoms with E-state index in [0.717, 1.165) is 30.8 Å². The highest BCUT2D eigenvalue weighted by Crippen LogP contribution is 2.24. The number of Topliss-reactive ketones (excluding diaryl/α,β-unsaturated/α-hetero) is 1. The van der Waals surface area contributed by atoms with E-state index >= 15 is 0 Å². The molecule has 1 saturated heterocycles. The van der Waals surface area contributed by atoms with Gasteiger partial charge in [-0.1, -0.05) is 0 Å². The third-order valence-electron chi connectivity index (χ3n) is 3.65. The van der Waals surface area contributed by atoms with Crippen LogP contribution in [-0.2, 0) is 6.54 Å². The maximum absolute atomic E-state index is 11.3. The lowest BCUT2D eigenvalue weighted by atomic mass is 9.92. The van der Waals surface area contributed by atoms with Crippen LogP contribution in [-0.4, -0.2) is 60.0 Å². The Labute approximate surface area is 125 Å². The van der Waals surface area contributed by atoms with Crippen molar-refractivity contribution in [3.8, 4) is 0 Å². The molecule has 1 aromatic heterocycles. The molecule has 1 fully saturated rings. The number of likely N-dealkylation sites (N-methyl/N-ethyl adjacent to an activating group) is 1. The number of thiophene rings is 1. The second-order valence-corrected chi connectivity index (χ2v) is 7.06. The number of likely N-dealkylation sites (tertiary alicyclic amines) is 1. The Kier molecular flexibility index (Phi) is 4.96. The zero-order chi connectivity index (χ0) is 14.8. The summed E-state index contributed by atoms with van der Waals surface area (Å²) < 4.78 is 0. The molecule has 1 aliphatic rings. The topological polar surface area (TPSA) is 43.8 Å². The number of carbonyl (C=O) groups is 1. The van der Waals surface area contributed by atoms with Crippen molar-refractivity contribution in [3.05, 3.63) is 21.9 Å². The predicted molar refractivity (Wildman–Crippen MR) is 82.3 cm³/mol. The van der Waals surface area contributed by atoms with E-state index in [-0.39, 0.29) is 5.78 Å². The van der Waals surface area contributed by atoms with Crippen LogP contribution < -0.4 is 0 Å². The molecule has 1 aromatic rings. The number of hydrogen-bond donors (Lipinski definition) is 1. The van der Waals surface area contributed by atoms with Gasteiger partial charge in [-0.3, -0.25) is 9.69 Å². The van der Waals surface area contributed by atoms with Gasteiger partial charge in [-0.25, -0.2) is 0 Å². The third-order valence-corrected chi connectivity index (χ3v) is 4.73. The predicted octanol–water partition coefficient (Wildman–Crippen LogP) is 1.84. The molecule has 2 rings (SSSR count). The summed E-state index contributed by atoms with van der Waals surface area (Å²) in [5.74, 6) is 0.129. The molecule has 5 heteroatoms. The SMILES string of the molecule is CC(=O)c1cc(CN2CCC[C@](O)(CN(C)C)C2)cs1. The van der Waals surface area contributed by atoms with E-state index < -0.39 is 5.60 Å². The van der Waals surface area contributed by atoms with Gasteiger partial charge < -0.3 is 10.0 Å². The first kappa shape index (κ1) is 15.6. The van der Waals surface area contributed by atoms with E-state index in [9.17, 15) is 9.90 Å². The summed E-state index contributed by atoms with van der Waals surface area (Å²) in [5, 5.41) is 12.7. The minimum absolute atomic E-state index is 0.129. The summed E-state index contributed by atoms with van der Waals surface area (Å²) in [4.78, 5) is 16.5. The molecule has 0 amide bonds. The average Bonchev–Trinajstić information content (AvgIpc) is 2.75. The smallest absolute Gasteiger partial charge is 0.169 e. The lowest BCUT2D eigenvalue weighted by Gasteiger charge is -2.40. The van der Waals surface area contributed by atoms with Crippen molar-refractivity contribution in [1.82, 2.24) is 9.80 Å². The van der Waals surface area contributed by atoms with Crippen molar-refractivity contribution in [3.63, 3.8) is 0 Å². The van der Waals surface area contributed by atoms with Gasteiger partial charge in [-0.05, 0) is 57.4 Å². The Bertz CT molecular complexity index is 472. The molecule has 0 spiro atoms. The first-order valence-electron chi connectivity index (χ1n) is 7.06. The highest BCUT2D eigenvalue weighted by atomic mass is 32.1. The van der Waals surface area contributed by atoms with Crippen LogP contribution in [0.15, 0.2) is 11.4 Å². The summed E-state index contributed by atoms with van der Waals surface area (Å²) in [7, 11) is 3.99. The van der Waals surface area contributed by atoms with Gasteiger partial charge in [0.15, 0.2) is 5.78 Å². The van der Waals surface area contributed by atoms with Gasteiger partial charge in [-0.15, -0.1) is 11.3 Å². The van der Waals surface area contributed by atoms with E-state index in [0.29, 0.717) is 13.1 Å². The largest absolute Gasteiger partial charge is 0.387 e. The first-order valence-corrected chi connectivity index (χ1v) is 7.94. The minimum atomic E-state index is -0.610. The monoisotopic (exact) mass is 296 g/mol. The Morgan fingerprint density at radius 1 is 1.55 bits per heavy atom. The number of ketones is 1. The second-order valence-electron chi connectivity index (χ2n) is 6.15. The van der Waals surface area contributed by atoms with Crippen LogP contribution in [0.5, 0.6) is 0 Å². The maximum atomic E-state index is 11.3. The molecule has 0 aromatic carbocycles. The fourth-order valence-corrected chi connectivity index (χ4v) is 3.77. The van der Waals surface area contributed by atoms with Gasteiger partial charge in [0.2, 0.25) is 0 Å². The van der Waals surface area contributed by atoms with Crippen LogP contribution in [0.2, 0.25) is 0 Å². The fraction of sp³-hybridized carbons (Fsp3) is 0.667. The number of rotatable bonds is 5. The normalized spacial score (nSPS) is 24.2. The minimum Gasteiger partial charge on any atom is -0.387 e. The summed E-state index contributed by atoms with van der Waals surface area (Å²) in [6.45, 7) is 4.84. The van der Waals surface area contributed by atoms with Crippen molar-refractivity contribution in [2.45, 2.75) is 31.9 Å². The molecule has 0 radical (unpaired) electrons. The quantitative estimate of drug-likeness (QED) is 0.842. The van der Waals surface area contributed by atoms with E-state index in [4.69, 9.17) is 0 Å². The van der Waals surface area contributed by atoms with Crippen LogP contribution >= 0.6 is 11.3 Å². The fourth-order valence-electron chi connectivity index (χ4n) is 2.96. The van der Waals surface area contributed by atoms with E-state index in [1.807, 2.05) is 25.1 Å². The molecule has 0 aliphatic carbocycles. The van der Waals surface area contributed by atoms with E-state index in [1.54, 1.807) is 6.92 Å². The molecular weight excluding hydrogens is 272 g/mol. The van der Waals surface area contributed by atoms with Gasteiger partial charge in [0.1, 0.15) is 0 Å². The van der Waals surface area contributed by atoms with Crippen LogP contribution in [0.3, 0.4) is 0 Å². The Hall–Kier alpha value is -0.750. The highest BCUT2D eigenvalue weighted by molar-refractivity contribution is 7.12. The zero-order valence-electron chi connectivity index (χ0n) is 12.6. The number of carbonyl (C=O) groups excluding carboxylic acids is 1. The molecule has 0 unspecified atom stereocenters. The van der Waals surface area contributed by atoms with Crippen molar-refractivity contribution >= 4 is 17.1 Å². The number of piperidine rings is 1. The Morgan fingerprint density at radius 2 is 2.30 bits per heavy atom. The lowest BCUT2D eigenvalue weighted by Crippen LogP contribution is -2.52. The van der Waals surface area contributed by atoms with Crippen molar-refractivity contribution in [1.29, 1.82) is 0 Å². The van der Waals surface area contributed by atoms with Gasteiger partial charge >= 0.3 is 0 Å². The van der Waals surface area contributed by atoms with Crippen LogP contribution in [0, 0.1) is 0 Å². The second kappa shape index (κ2) is 6.35. The number of hydrogen-bond acceptors (Lipinski definition) is 5. The molecule has 1 N–H and O–H groups in total. The molecule has 20 heavy (non-hydrogen) atoms. The Morgan fingerprint density at radius 3 is 2.90 bits per heavy atom. The van der Waals surface area contributed by atoms with Crippen LogP contribution in [0.1, 0.15) is 35.0 Å². The van der Waals surface area contributed by atoms with Crippen LogP contribution in [0.25, 0.3) is 0 Å². The first-order chi connectivity index (χ1) is 9.38. The van der Waals surface area contributed by atoms with Crippen LogP contribution in [0.4, 0.5) is 0 Å². The summed E-state index contributed by atoms with van der Waals surface area (Å²) in [6.07, 6.45) is 1.89. The van der Waals surface area contributed by atoms with Gasteiger partial charge in [-0.2, -0.15) is 0 Å². The summed E-state index contributed by atoms with van der Waals surface area (Å²) >= 11 is 1.51. The molecule has 1 aliphatic heterocycles. The average molecular weight is 296 g/mol.